The molecule has 0 spiro atoms. The van der Waals surface area contributed by atoms with Crippen molar-refractivity contribution in [2.24, 2.45) is 7.05 Å². The molecule has 24 heavy (non-hydrogen) atoms. The average molecular weight is 334 g/mol. The number of carbonyl (C=O) groups is 1. The normalized spacial score (nSPS) is 11.9. The molecule has 0 aliphatic heterocycles. The van der Waals surface area contributed by atoms with Gasteiger partial charge in [0.25, 0.3) is 0 Å². The first-order chi connectivity index (χ1) is 11.2. The van der Waals surface area contributed by atoms with Crippen LogP contribution in [0.1, 0.15) is 32.2 Å². The van der Waals surface area contributed by atoms with Crippen LogP contribution in [0, 0.1) is 0 Å². The van der Waals surface area contributed by atoms with E-state index in [2.05, 4.69) is 15.4 Å². The summed E-state index contributed by atoms with van der Waals surface area (Å²) in [5, 5.41) is 12.4. The van der Waals surface area contributed by atoms with Gasteiger partial charge in [0.2, 0.25) is 0 Å². The summed E-state index contributed by atoms with van der Waals surface area (Å²) in [6, 6.07) is 1.99. The molecule has 0 saturated heterocycles. The zero-order valence-electron chi connectivity index (χ0n) is 15.1. The molecular formula is C16H26N6O2. The number of hydrogen-bond acceptors (Lipinski definition) is 6. The maximum atomic E-state index is 11.8. The van der Waals surface area contributed by atoms with Gasteiger partial charge < -0.3 is 4.74 Å². The Balaban J connectivity index is 1.80. The number of esters is 1. The topological polar surface area (TPSA) is 78.1 Å². The monoisotopic (exact) mass is 334 g/mol. The van der Waals surface area contributed by atoms with Gasteiger partial charge >= 0.3 is 5.97 Å². The van der Waals surface area contributed by atoms with E-state index in [4.69, 9.17) is 4.74 Å². The van der Waals surface area contributed by atoms with Crippen molar-refractivity contribution < 1.29 is 9.53 Å². The minimum Gasteiger partial charge on any atom is -0.459 e. The molecular weight excluding hydrogens is 308 g/mol. The third-order valence-corrected chi connectivity index (χ3v) is 3.36. The highest BCUT2D eigenvalue weighted by Crippen LogP contribution is 2.08. The Morgan fingerprint density at radius 3 is 2.75 bits per heavy atom. The summed E-state index contributed by atoms with van der Waals surface area (Å²) in [6.07, 6.45) is 4.53. The first-order valence-corrected chi connectivity index (χ1v) is 7.99. The minimum atomic E-state index is -0.465. The molecule has 0 aromatic carbocycles. The van der Waals surface area contributed by atoms with Gasteiger partial charge in [0.05, 0.1) is 12.2 Å². The van der Waals surface area contributed by atoms with E-state index in [0.717, 1.165) is 24.4 Å². The lowest BCUT2D eigenvalue weighted by Gasteiger charge is -2.21. The van der Waals surface area contributed by atoms with Crippen molar-refractivity contribution in [1.82, 2.24) is 29.7 Å². The predicted octanol–water partition coefficient (Wildman–Crippen LogP) is 1.03. The first-order valence-electron chi connectivity index (χ1n) is 7.99. The SMILES string of the molecule is CN(CC(=O)OC(C)(C)C)Cc1cn(CCc2ccnn2C)nn1. The summed E-state index contributed by atoms with van der Waals surface area (Å²) in [5.74, 6) is -0.242. The Bertz CT molecular complexity index is 670. The molecule has 2 heterocycles. The summed E-state index contributed by atoms with van der Waals surface area (Å²) in [4.78, 5) is 13.7. The Morgan fingerprint density at radius 1 is 1.38 bits per heavy atom. The third-order valence-electron chi connectivity index (χ3n) is 3.36. The van der Waals surface area contributed by atoms with Crippen LogP contribution in [0.25, 0.3) is 0 Å². The van der Waals surface area contributed by atoms with Crippen molar-refractivity contribution in [2.75, 3.05) is 13.6 Å². The molecule has 0 atom stereocenters. The summed E-state index contributed by atoms with van der Waals surface area (Å²) < 4.78 is 8.98. The zero-order valence-corrected chi connectivity index (χ0v) is 15.1. The van der Waals surface area contributed by atoms with Crippen LogP contribution < -0.4 is 0 Å². The fourth-order valence-corrected chi connectivity index (χ4v) is 2.32. The number of ether oxygens (including phenoxy) is 1. The Labute approximate surface area is 142 Å². The van der Waals surface area contributed by atoms with E-state index in [1.54, 1.807) is 6.20 Å². The number of carbonyl (C=O) groups excluding carboxylic acids is 1. The second-order valence-corrected chi connectivity index (χ2v) is 6.93. The average Bonchev–Trinajstić information content (AvgIpc) is 3.03. The fourth-order valence-electron chi connectivity index (χ4n) is 2.32. The lowest BCUT2D eigenvalue weighted by atomic mass is 10.2. The Kier molecular flexibility index (Phi) is 5.71. The van der Waals surface area contributed by atoms with E-state index in [1.807, 2.05) is 61.4 Å². The largest absolute Gasteiger partial charge is 0.459 e. The summed E-state index contributed by atoms with van der Waals surface area (Å²) >= 11 is 0. The highest BCUT2D eigenvalue weighted by Gasteiger charge is 2.18. The molecule has 0 aliphatic carbocycles. The second-order valence-electron chi connectivity index (χ2n) is 6.93. The summed E-state index contributed by atoms with van der Waals surface area (Å²) in [7, 11) is 3.78. The van der Waals surface area contributed by atoms with Crippen LogP contribution >= 0.6 is 0 Å². The van der Waals surface area contributed by atoms with Crippen LogP contribution in [0.15, 0.2) is 18.5 Å². The number of nitrogens with zero attached hydrogens (tertiary/aromatic N) is 6. The van der Waals surface area contributed by atoms with Gasteiger partial charge in [-0.15, -0.1) is 5.10 Å². The van der Waals surface area contributed by atoms with Crippen LogP contribution in [-0.4, -0.2) is 54.8 Å². The van der Waals surface area contributed by atoms with Crippen LogP contribution in [0.5, 0.6) is 0 Å². The zero-order chi connectivity index (χ0) is 17.7. The molecule has 0 fully saturated rings. The van der Waals surface area contributed by atoms with Crippen molar-refractivity contribution in [1.29, 1.82) is 0 Å². The molecule has 2 aromatic heterocycles. The van der Waals surface area contributed by atoms with Crippen LogP contribution in [0.3, 0.4) is 0 Å². The smallest absolute Gasteiger partial charge is 0.320 e. The molecule has 8 heteroatoms. The standard InChI is InChI=1S/C16H26N6O2/c1-16(2,3)24-15(23)12-20(4)10-13-11-22(19-18-13)9-7-14-6-8-17-21(14)5/h6,8,11H,7,9-10,12H2,1-5H3. The molecule has 0 bridgehead atoms. The van der Waals surface area contributed by atoms with Gasteiger partial charge in [-0.25, -0.2) is 0 Å². The van der Waals surface area contributed by atoms with E-state index >= 15 is 0 Å². The predicted molar refractivity (Wildman–Crippen MR) is 89.1 cm³/mol. The number of likely N-dealkylation sites (N-methyl/N-ethyl adjacent to an activating group) is 1. The van der Waals surface area contributed by atoms with Gasteiger partial charge in [0.15, 0.2) is 0 Å². The van der Waals surface area contributed by atoms with Crippen molar-refractivity contribution in [3.8, 4) is 0 Å². The molecule has 0 N–H and O–H groups in total. The van der Waals surface area contributed by atoms with E-state index in [1.165, 1.54) is 0 Å². The van der Waals surface area contributed by atoms with Gasteiger partial charge in [-0.05, 0) is 33.9 Å². The highest BCUT2D eigenvalue weighted by atomic mass is 16.6. The maximum Gasteiger partial charge on any atom is 0.320 e. The molecule has 0 aliphatic rings. The van der Waals surface area contributed by atoms with Gasteiger partial charge in [-0.3, -0.25) is 19.1 Å². The molecule has 2 aromatic rings. The number of rotatable bonds is 7. The Morgan fingerprint density at radius 2 is 2.12 bits per heavy atom. The third kappa shape index (κ3) is 5.77. The van der Waals surface area contributed by atoms with Crippen molar-refractivity contribution in [2.45, 2.75) is 45.9 Å². The highest BCUT2D eigenvalue weighted by molar-refractivity contribution is 5.72. The van der Waals surface area contributed by atoms with Crippen LogP contribution in [-0.2, 0) is 36.1 Å². The summed E-state index contributed by atoms with van der Waals surface area (Å²) in [5.41, 5.74) is 1.51. The van der Waals surface area contributed by atoms with E-state index in [9.17, 15) is 4.79 Å². The number of aryl methyl sites for hydroxylation is 3. The summed E-state index contributed by atoms with van der Waals surface area (Å²) in [6.45, 7) is 7.09. The lowest BCUT2D eigenvalue weighted by molar-refractivity contribution is -0.155. The number of aromatic nitrogens is 5. The molecule has 2 rings (SSSR count). The van der Waals surface area contributed by atoms with Crippen molar-refractivity contribution in [3.05, 3.63) is 29.8 Å². The van der Waals surface area contributed by atoms with E-state index in [-0.39, 0.29) is 12.5 Å². The second kappa shape index (κ2) is 7.57. The van der Waals surface area contributed by atoms with E-state index < -0.39 is 5.60 Å². The molecule has 8 nitrogen and oxygen atoms in total. The fraction of sp³-hybridized carbons (Fsp3) is 0.625. The van der Waals surface area contributed by atoms with Gasteiger partial charge in [-0.2, -0.15) is 5.10 Å². The molecule has 0 radical (unpaired) electrons. The van der Waals surface area contributed by atoms with Crippen molar-refractivity contribution in [3.63, 3.8) is 0 Å². The van der Waals surface area contributed by atoms with Gasteiger partial charge in [-0.1, -0.05) is 5.21 Å². The minimum absolute atomic E-state index is 0.221. The van der Waals surface area contributed by atoms with E-state index in [0.29, 0.717) is 6.54 Å². The van der Waals surface area contributed by atoms with Gasteiger partial charge in [0, 0.05) is 44.6 Å². The van der Waals surface area contributed by atoms with Crippen LogP contribution in [0.2, 0.25) is 0 Å². The molecule has 0 saturated carbocycles. The Hall–Kier alpha value is -2.22. The van der Waals surface area contributed by atoms with Gasteiger partial charge in [0.1, 0.15) is 5.60 Å². The van der Waals surface area contributed by atoms with Crippen LogP contribution in [0.4, 0.5) is 0 Å². The van der Waals surface area contributed by atoms with Crippen molar-refractivity contribution >= 4 is 5.97 Å². The quantitative estimate of drug-likeness (QED) is 0.704. The molecule has 132 valence electrons. The maximum absolute atomic E-state index is 11.8. The number of hydrogen-bond donors (Lipinski definition) is 0. The first kappa shape index (κ1) is 18.1. The molecule has 0 unspecified atom stereocenters. The lowest BCUT2D eigenvalue weighted by Crippen LogP contribution is -2.32. The molecule has 0 amide bonds.